The minimum absolute atomic E-state index is 0.204. The number of anilines is 1. The molecule has 0 spiro atoms. The van der Waals surface area contributed by atoms with Gasteiger partial charge in [0.05, 0.1) is 5.69 Å². The highest BCUT2D eigenvalue weighted by atomic mass is 32.2. The number of benzene rings is 1. The van der Waals surface area contributed by atoms with Crippen LogP contribution in [0.4, 0.5) is 14.5 Å². The van der Waals surface area contributed by atoms with E-state index in [1.165, 1.54) is 0 Å². The average molecular weight is 290 g/mol. The molecule has 0 bridgehead atoms. The van der Waals surface area contributed by atoms with Gasteiger partial charge in [0.2, 0.25) is 10.0 Å². The van der Waals surface area contributed by atoms with Crippen LogP contribution in [0.1, 0.15) is 26.2 Å². The van der Waals surface area contributed by atoms with Crippen molar-refractivity contribution in [1.29, 1.82) is 0 Å². The number of nitrogens with one attached hydrogen (secondary N) is 1. The average Bonchev–Trinajstić information content (AvgIpc) is 2.69. The fraction of sp³-hybridized carbons (Fsp3) is 0.500. The van der Waals surface area contributed by atoms with Crippen molar-refractivity contribution < 1.29 is 17.2 Å². The van der Waals surface area contributed by atoms with Gasteiger partial charge in [0.25, 0.3) is 0 Å². The summed E-state index contributed by atoms with van der Waals surface area (Å²) in [5.74, 6) is -1.90. The van der Waals surface area contributed by atoms with Gasteiger partial charge in [-0.05, 0) is 24.8 Å². The monoisotopic (exact) mass is 290 g/mol. The van der Waals surface area contributed by atoms with Crippen LogP contribution in [-0.4, -0.2) is 14.5 Å². The van der Waals surface area contributed by atoms with Crippen molar-refractivity contribution in [2.45, 2.75) is 37.1 Å². The first-order valence-electron chi connectivity index (χ1n) is 6.08. The quantitative estimate of drug-likeness (QED) is 0.836. The first-order valence-corrected chi connectivity index (χ1v) is 7.56. The van der Waals surface area contributed by atoms with Gasteiger partial charge < -0.3 is 5.73 Å². The van der Waals surface area contributed by atoms with Crippen molar-refractivity contribution in [3.8, 4) is 0 Å². The zero-order chi connectivity index (χ0) is 14.2. The van der Waals surface area contributed by atoms with Crippen LogP contribution in [0.25, 0.3) is 0 Å². The van der Waals surface area contributed by atoms with Crippen LogP contribution in [-0.2, 0) is 10.0 Å². The van der Waals surface area contributed by atoms with E-state index < -0.39 is 26.6 Å². The van der Waals surface area contributed by atoms with Crippen molar-refractivity contribution in [1.82, 2.24) is 4.72 Å². The molecule has 0 aliphatic heterocycles. The predicted molar refractivity (Wildman–Crippen MR) is 67.9 cm³/mol. The van der Waals surface area contributed by atoms with Gasteiger partial charge in [-0.15, -0.1) is 0 Å². The minimum Gasteiger partial charge on any atom is -0.396 e. The van der Waals surface area contributed by atoms with Gasteiger partial charge in [-0.1, -0.05) is 13.3 Å². The summed E-state index contributed by atoms with van der Waals surface area (Å²) in [5.41, 5.74) is 4.90. The van der Waals surface area contributed by atoms with E-state index in [-0.39, 0.29) is 17.6 Å². The molecule has 106 valence electrons. The summed E-state index contributed by atoms with van der Waals surface area (Å²) in [5, 5.41) is 0. The SMILES string of the molecule is CC1CCCC1NS(=O)(=O)c1cc(N)c(F)cc1F. The Balaban J connectivity index is 2.32. The van der Waals surface area contributed by atoms with Crippen molar-refractivity contribution in [2.75, 3.05) is 5.73 Å². The number of nitrogen functional groups attached to an aromatic ring is 1. The fourth-order valence-corrected chi connectivity index (χ4v) is 3.81. The molecule has 19 heavy (non-hydrogen) atoms. The molecule has 0 saturated heterocycles. The maximum Gasteiger partial charge on any atom is 0.243 e. The van der Waals surface area contributed by atoms with Crippen molar-refractivity contribution in [3.05, 3.63) is 23.8 Å². The van der Waals surface area contributed by atoms with Gasteiger partial charge in [-0.2, -0.15) is 0 Å². The number of rotatable bonds is 3. The normalized spacial score (nSPS) is 23.7. The molecule has 0 aromatic heterocycles. The van der Waals surface area contributed by atoms with Crippen molar-refractivity contribution in [2.24, 2.45) is 5.92 Å². The molecule has 1 aromatic carbocycles. The summed E-state index contributed by atoms with van der Waals surface area (Å²) >= 11 is 0. The Morgan fingerprint density at radius 3 is 2.53 bits per heavy atom. The first kappa shape index (κ1) is 14.2. The van der Waals surface area contributed by atoms with Crippen LogP contribution in [0.15, 0.2) is 17.0 Å². The molecule has 0 radical (unpaired) electrons. The van der Waals surface area contributed by atoms with Crippen molar-refractivity contribution in [3.63, 3.8) is 0 Å². The fourth-order valence-electron chi connectivity index (χ4n) is 2.33. The molecule has 7 heteroatoms. The van der Waals surface area contributed by atoms with Gasteiger partial charge in [-0.25, -0.2) is 21.9 Å². The van der Waals surface area contributed by atoms with Gasteiger partial charge in [0.1, 0.15) is 16.5 Å². The summed E-state index contributed by atoms with van der Waals surface area (Å²) < 4.78 is 53.3. The summed E-state index contributed by atoms with van der Waals surface area (Å²) in [6.45, 7) is 1.94. The Morgan fingerprint density at radius 2 is 1.95 bits per heavy atom. The highest BCUT2D eigenvalue weighted by molar-refractivity contribution is 7.89. The molecule has 1 aliphatic rings. The third-order valence-corrected chi connectivity index (χ3v) is 5.01. The third kappa shape index (κ3) is 2.87. The lowest BCUT2D eigenvalue weighted by Gasteiger charge is -2.17. The molecular weight excluding hydrogens is 274 g/mol. The number of hydrogen-bond acceptors (Lipinski definition) is 3. The molecule has 1 fully saturated rings. The van der Waals surface area contributed by atoms with Crippen LogP contribution >= 0.6 is 0 Å². The lowest BCUT2D eigenvalue weighted by molar-refractivity contribution is 0.472. The topological polar surface area (TPSA) is 72.2 Å². The largest absolute Gasteiger partial charge is 0.396 e. The highest BCUT2D eigenvalue weighted by Crippen LogP contribution is 2.27. The van der Waals surface area contributed by atoms with Gasteiger partial charge in [0.15, 0.2) is 0 Å². The smallest absolute Gasteiger partial charge is 0.243 e. The third-order valence-electron chi connectivity index (χ3n) is 3.51. The molecule has 4 nitrogen and oxygen atoms in total. The van der Waals surface area contributed by atoms with Crippen LogP contribution in [0.3, 0.4) is 0 Å². The molecule has 1 aromatic rings. The van der Waals surface area contributed by atoms with E-state index in [0.717, 1.165) is 25.3 Å². The minimum atomic E-state index is -4.02. The lowest BCUT2D eigenvalue weighted by atomic mass is 10.1. The van der Waals surface area contributed by atoms with E-state index >= 15 is 0 Å². The summed E-state index contributed by atoms with van der Waals surface area (Å²) in [4.78, 5) is -0.606. The Hall–Kier alpha value is -1.21. The second-order valence-corrected chi connectivity index (χ2v) is 6.62. The lowest BCUT2D eigenvalue weighted by Crippen LogP contribution is -2.36. The highest BCUT2D eigenvalue weighted by Gasteiger charge is 2.30. The molecule has 1 saturated carbocycles. The summed E-state index contributed by atoms with van der Waals surface area (Å²) in [6, 6.07) is 1.09. The van der Waals surface area contributed by atoms with Gasteiger partial charge in [-0.3, -0.25) is 0 Å². The van der Waals surface area contributed by atoms with Crippen LogP contribution < -0.4 is 10.5 Å². The predicted octanol–water partition coefficient (Wildman–Crippen LogP) is 2.01. The Labute approximate surface area is 111 Å². The first-order chi connectivity index (χ1) is 8.81. The van der Waals surface area contributed by atoms with Crippen molar-refractivity contribution >= 4 is 15.7 Å². The Kier molecular flexibility index (Phi) is 3.78. The van der Waals surface area contributed by atoms with Crippen LogP contribution in [0.5, 0.6) is 0 Å². The standard InChI is InChI=1S/C12H16F2N2O2S/c1-7-3-2-4-11(7)16-19(17,18)12-6-10(15)8(13)5-9(12)14/h5-7,11,16H,2-4,15H2,1H3. The van der Waals surface area contributed by atoms with Gasteiger partial charge >= 0.3 is 0 Å². The van der Waals surface area contributed by atoms with Gasteiger partial charge in [0, 0.05) is 12.1 Å². The molecule has 2 atom stereocenters. The van der Waals surface area contributed by atoms with E-state index in [1.807, 2.05) is 6.92 Å². The Morgan fingerprint density at radius 1 is 1.26 bits per heavy atom. The number of hydrogen-bond donors (Lipinski definition) is 2. The zero-order valence-corrected chi connectivity index (χ0v) is 11.3. The van der Waals surface area contributed by atoms with E-state index in [9.17, 15) is 17.2 Å². The summed E-state index contributed by atoms with van der Waals surface area (Å²) in [7, 11) is -4.02. The van der Waals surface area contributed by atoms with E-state index in [4.69, 9.17) is 5.73 Å². The molecule has 2 unspecified atom stereocenters. The molecule has 1 aliphatic carbocycles. The van der Waals surface area contributed by atoms with E-state index in [0.29, 0.717) is 6.07 Å². The van der Waals surface area contributed by atoms with Crippen LogP contribution in [0, 0.1) is 17.6 Å². The molecule has 3 N–H and O–H groups in total. The maximum absolute atomic E-state index is 13.6. The molecule has 2 rings (SSSR count). The number of halogens is 2. The molecule has 0 amide bonds. The molecular formula is C12H16F2N2O2S. The summed E-state index contributed by atoms with van der Waals surface area (Å²) in [6.07, 6.45) is 2.59. The Bertz CT molecular complexity index is 590. The molecule has 0 heterocycles. The van der Waals surface area contributed by atoms with E-state index in [2.05, 4.69) is 4.72 Å². The second-order valence-electron chi connectivity index (χ2n) is 4.94. The second kappa shape index (κ2) is 5.05. The van der Waals surface area contributed by atoms with Crippen LogP contribution in [0.2, 0.25) is 0 Å². The van der Waals surface area contributed by atoms with E-state index in [1.54, 1.807) is 0 Å². The zero-order valence-electron chi connectivity index (χ0n) is 10.5. The number of sulfonamides is 1. The maximum atomic E-state index is 13.6. The number of nitrogens with two attached hydrogens (primary N) is 1.